The number of furan rings is 1. The number of carbonyl (C=O) groups is 2. The van der Waals surface area contributed by atoms with Crippen molar-refractivity contribution in [2.24, 2.45) is 0 Å². The molecule has 0 unspecified atom stereocenters. The van der Waals surface area contributed by atoms with Crippen LogP contribution in [0.25, 0.3) is 0 Å². The standard InChI is InChI=1S/C18H15Cl2N3O3S/c1-23(17(25)15-3-2-6-26-15)10-16(24)22-18-21-9-13(27-18)7-11-4-5-12(19)8-14(11)20/h2-6,8-9H,7,10H2,1H3,(H,21,22,24). The molecule has 3 rings (SSSR count). The van der Waals surface area contributed by atoms with Crippen LogP contribution in [0.2, 0.25) is 10.0 Å². The van der Waals surface area contributed by atoms with E-state index < -0.39 is 0 Å². The first kappa shape index (κ1) is 19.4. The highest BCUT2D eigenvalue weighted by Gasteiger charge is 2.18. The average molecular weight is 424 g/mol. The van der Waals surface area contributed by atoms with Crippen molar-refractivity contribution in [3.8, 4) is 0 Å². The topological polar surface area (TPSA) is 75.4 Å². The number of aromatic nitrogens is 1. The molecule has 0 aliphatic carbocycles. The third-order valence-corrected chi connectivity index (χ3v) is 5.14. The molecule has 0 aliphatic rings. The van der Waals surface area contributed by atoms with Gasteiger partial charge in [0.1, 0.15) is 6.54 Å². The highest BCUT2D eigenvalue weighted by Crippen LogP contribution is 2.26. The van der Waals surface area contributed by atoms with Gasteiger partial charge < -0.3 is 14.6 Å². The molecule has 2 amide bonds. The number of benzene rings is 1. The maximum atomic E-state index is 12.2. The molecule has 0 saturated carbocycles. The number of nitrogens with zero attached hydrogens (tertiary/aromatic N) is 2. The molecular formula is C18H15Cl2N3O3S. The van der Waals surface area contributed by atoms with Crippen LogP contribution in [0.4, 0.5) is 5.13 Å². The van der Waals surface area contributed by atoms with Gasteiger partial charge in [-0.25, -0.2) is 4.98 Å². The summed E-state index contributed by atoms with van der Waals surface area (Å²) in [5.74, 6) is -0.531. The fourth-order valence-electron chi connectivity index (χ4n) is 2.33. The number of rotatable bonds is 6. The molecule has 6 nitrogen and oxygen atoms in total. The van der Waals surface area contributed by atoms with E-state index in [1.807, 2.05) is 6.07 Å². The van der Waals surface area contributed by atoms with E-state index >= 15 is 0 Å². The number of amides is 2. The first-order valence-electron chi connectivity index (χ1n) is 7.90. The Bertz CT molecular complexity index is 957. The van der Waals surface area contributed by atoms with Gasteiger partial charge in [-0.3, -0.25) is 9.59 Å². The van der Waals surface area contributed by atoms with E-state index in [4.69, 9.17) is 27.6 Å². The van der Waals surface area contributed by atoms with Crippen LogP contribution in [0.15, 0.2) is 47.2 Å². The zero-order valence-corrected chi connectivity index (χ0v) is 16.6. The van der Waals surface area contributed by atoms with E-state index in [-0.39, 0.29) is 24.1 Å². The number of likely N-dealkylation sites (N-methyl/N-ethyl adjacent to an activating group) is 1. The van der Waals surface area contributed by atoms with Crippen molar-refractivity contribution in [2.75, 3.05) is 18.9 Å². The molecule has 27 heavy (non-hydrogen) atoms. The van der Waals surface area contributed by atoms with E-state index in [1.54, 1.807) is 30.5 Å². The van der Waals surface area contributed by atoms with Crippen molar-refractivity contribution in [1.29, 1.82) is 0 Å². The van der Waals surface area contributed by atoms with Gasteiger partial charge in [-0.1, -0.05) is 29.3 Å². The highest BCUT2D eigenvalue weighted by molar-refractivity contribution is 7.15. The summed E-state index contributed by atoms with van der Waals surface area (Å²) >= 11 is 13.4. The molecule has 2 heterocycles. The van der Waals surface area contributed by atoms with Crippen molar-refractivity contribution >= 4 is 51.5 Å². The van der Waals surface area contributed by atoms with Gasteiger partial charge in [-0.15, -0.1) is 11.3 Å². The Labute approximate surface area is 169 Å². The number of halogens is 2. The molecule has 9 heteroatoms. The van der Waals surface area contributed by atoms with Gasteiger partial charge in [0.2, 0.25) is 5.91 Å². The molecule has 2 aromatic heterocycles. The third kappa shape index (κ3) is 5.09. The van der Waals surface area contributed by atoms with Crippen LogP contribution in [-0.4, -0.2) is 35.3 Å². The lowest BCUT2D eigenvalue weighted by molar-refractivity contribution is -0.116. The maximum Gasteiger partial charge on any atom is 0.289 e. The fourth-order valence-corrected chi connectivity index (χ4v) is 3.66. The van der Waals surface area contributed by atoms with Gasteiger partial charge in [0.25, 0.3) is 5.91 Å². The summed E-state index contributed by atoms with van der Waals surface area (Å²) in [6.07, 6.45) is 3.68. The Kier molecular flexibility index (Phi) is 6.15. The Hall–Kier alpha value is -2.35. The summed E-state index contributed by atoms with van der Waals surface area (Å²) in [6.45, 7) is -0.114. The number of anilines is 1. The molecule has 0 saturated heterocycles. The molecule has 0 atom stereocenters. The van der Waals surface area contributed by atoms with Gasteiger partial charge >= 0.3 is 0 Å². The predicted molar refractivity (Wildman–Crippen MR) is 106 cm³/mol. The molecule has 0 radical (unpaired) electrons. The second-order valence-corrected chi connectivity index (χ2v) is 7.69. The highest BCUT2D eigenvalue weighted by atomic mass is 35.5. The van der Waals surface area contributed by atoms with Crippen LogP contribution in [0, 0.1) is 0 Å². The normalized spacial score (nSPS) is 10.6. The summed E-state index contributed by atoms with van der Waals surface area (Å²) in [7, 11) is 1.53. The monoisotopic (exact) mass is 423 g/mol. The van der Waals surface area contributed by atoms with Gasteiger partial charge in [0.15, 0.2) is 10.9 Å². The molecule has 0 spiro atoms. The molecule has 1 aromatic carbocycles. The molecular weight excluding hydrogens is 409 g/mol. The zero-order valence-electron chi connectivity index (χ0n) is 14.2. The maximum absolute atomic E-state index is 12.2. The smallest absolute Gasteiger partial charge is 0.289 e. The fraction of sp³-hybridized carbons (Fsp3) is 0.167. The summed E-state index contributed by atoms with van der Waals surface area (Å²) in [5.41, 5.74) is 0.923. The second-order valence-electron chi connectivity index (χ2n) is 5.73. The molecule has 140 valence electrons. The quantitative estimate of drug-likeness (QED) is 0.639. The van der Waals surface area contributed by atoms with Crippen LogP contribution in [0.5, 0.6) is 0 Å². The van der Waals surface area contributed by atoms with Gasteiger partial charge in [-0.05, 0) is 29.8 Å². The van der Waals surface area contributed by atoms with Crippen LogP contribution >= 0.6 is 34.5 Å². The molecule has 0 bridgehead atoms. The summed E-state index contributed by atoms with van der Waals surface area (Å²) in [6, 6.07) is 8.49. The van der Waals surface area contributed by atoms with Crippen molar-refractivity contribution in [2.45, 2.75) is 6.42 Å². The lowest BCUT2D eigenvalue weighted by Gasteiger charge is -2.14. The van der Waals surface area contributed by atoms with E-state index in [0.717, 1.165) is 10.4 Å². The first-order valence-corrected chi connectivity index (χ1v) is 9.47. The largest absolute Gasteiger partial charge is 0.459 e. The first-order chi connectivity index (χ1) is 12.9. The number of hydrogen-bond donors (Lipinski definition) is 1. The van der Waals surface area contributed by atoms with Crippen LogP contribution in [0.3, 0.4) is 0 Å². The van der Waals surface area contributed by atoms with E-state index in [1.165, 1.54) is 29.5 Å². The third-order valence-electron chi connectivity index (χ3n) is 3.64. The Morgan fingerprint density at radius 1 is 1.30 bits per heavy atom. The SMILES string of the molecule is CN(CC(=O)Nc1ncc(Cc2ccc(Cl)cc2Cl)s1)C(=O)c1ccco1. The summed E-state index contributed by atoms with van der Waals surface area (Å²) in [5, 5.41) is 4.31. The number of nitrogens with one attached hydrogen (secondary N) is 1. The van der Waals surface area contributed by atoms with Crippen molar-refractivity contribution in [3.05, 3.63) is 69.0 Å². The molecule has 0 fully saturated rings. The van der Waals surface area contributed by atoms with Gasteiger partial charge in [0, 0.05) is 34.6 Å². The van der Waals surface area contributed by atoms with Crippen molar-refractivity contribution in [3.63, 3.8) is 0 Å². The predicted octanol–water partition coefficient (Wildman–Crippen LogP) is 4.34. The Morgan fingerprint density at radius 2 is 2.11 bits per heavy atom. The minimum absolute atomic E-state index is 0.114. The Balaban J connectivity index is 1.57. The lowest BCUT2D eigenvalue weighted by atomic mass is 10.1. The lowest BCUT2D eigenvalue weighted by Crippen LogP contribution is -2.34. The van der Waals surface area contributed by atoms with Crippen molar-refractivity contribution in [1.82, 2.24) is 9.88 Å². The van der Waals surface area contributed by atoms with E-state index in [0.29, 0.717) is 21.6 Å². The van der Waals surface area contributed by atoms with Gasteiger partial charge in [0.05, 0.1) is 6.26 Å². The van der Waals surface area contributed by atoms with Crippen LogP contribution in [0.1, 0.15) is 21.0 Å². The molecule has 0 aliphatic heterocycles. The zero-order chi connectivity index (χ0) is 19.4. The minimum atomic E-state index is -0.368. The number of thiazole rings is 1. The van der Waals surface area contributed by atoms with Gasteiger partial charge in [-0.2, -0.15) is 0 Å². The van der Waals surface area contributed by atoms with E-state index in [9.17, 15) is 9.59 Å². The Morgan fingerprint density at radius 3 is 2.81 bits per heavy atom. The van der Waals surface area contributed by atoms with E-state index in [2.05, 4.69) is 10.3 Å². The van der Waals surface area contributed by atoms with Crippen LogP contribution in [-0.2, 0) is 11.2 Å². The summed E-state index contributed by atoms with van der Waals surface area (Å²) in [4.78, 5) is 30.6. The number of hydrogen-bond acceptors (Lipinski definition) is 5. The number of carbonyl (C=O) groups excluding carboxylic acids is 2. The van der Waals surface area contributed by atoms with Crippen LogP contribution < -0.4 is 5.32 Å². The average Bonchev–Trinajstić information content (AvgIpc) is 3.28. The second kappa shape index (κ2) is 8.56. The minimum Gasteiger partial charge on any atom is -0.459 e. The summed E-state index contributed by atoms with van der Waals surface area (Å²) < 4.78 is 5.04. The molecule has 3 aromatic rings. The van der Waals surface area contributed by atoms with Crippen molar-refractivity contribution < 1.29 is 14.0 Å². The molecule has 1 N–H and O–H groups in total.